The summed E-state index contributed by atoms with van der Waals surface area (Å²) in [5.74, 6) is -0.450. The minimum absolute atomic E-state index is 0.0428. The van der Waals surface area contributed by atoms with Crippen LogP contribution >= 0.6 is 0 Å². The molecule has 0 aliphatic carbocycles. The van der Waals surface area contributed by atoms with Crippen LogP contribution in [0.15, 0.2) is 95.6 Å². The van der Waals surface area contributed by atoms with E-state index in [2.05, 4.69) is 0 Å². The summed E-state index contributed by atoms with van der Waals surface area (Å²) in [6, 6.07) is 25.2. The van der Waals surface area contributed by atoms with Gasteiger partial charge in [-0.05, 0) is 54.3 Å². The molecule has 0 saturated heterocycles. The van der Waals surface area contributed by atoms with Crippen molar-refractivity contribution in [3.05, 3.63) is 108 Å². The minimum atomic E-state index is -0.988. The van der Waals surface area contributed by atoms with Gasteiger partial charge in [-0.2, -0.15) is 0 Å². The van der Waals surface area contributed by atoms with Gasteiger partial charge in [0.05, 0.1) is 19.3 Å². The molecule has 206 valence electrons. The van der Waals surface area contributed by atoms with E-state index in [1.165, 1.54) is 11.2 Å². The van der Waals surface area contributed by atoms with Crippen molar-refractivity contribution in [2.45, 2.75) is 19.8 Å². The van der Waals surface area contributed by atoms with Gasteiger partial charge in [0.1, 0.15) is 5.75 Å². The van der Waals surface area contributed by atoms with Crippen molar-refractivity contribution < 1.29 is 28.6 Å². The molecule has 0 aliphatic rings. The van der Waals surface area contributed by atoms with Gasteiger partial charge >= 0.3 is 5.97 Å². The molecule has 4 aromatic rings. The van der Waals surface area contributed by atoms with E-state index >= 15 is 0 Å². The number of ether oxygens (including phenoxy) is 1. The van der Waals surface area contributed by atoms with Gasteiger partial charge in [0.15, 0.2) is 0 Å². The smallest absolute Gasteiger partial charge is 0.305 e. The molecule has 1 aromatic heterocycles. The molecule has 40 heavy (non-hydrogen) atoms. The van der Waals surface area contributed by atoms with E-state index < -0.39 is 5.97 Å². The fourth-order valence-corrected chi connectivity index (χ4v) is 4.53. The summed E-state index contributed by atoms with van der Waals surface area (Å²) in [5, 5.41) is 9.37. The van der Waals surface area contributed by atoms with E-state index in [9.17, 15) is 19.5 Å². The number of benzene rings is 3. The Morgan fingerprint density at radius 3 is 2.05 bits per heavy atom. The summed E-state index contributed by atoms with van der Waals surface area (Å²) >= 11 is 0. The first kappa shape index (κ1) is 28.2. The lowest BCUT2D eigenvalue weighted by Crippen LogP contribution is -2.35. The van der Waals surface area contributed by atoms with Crippen molar-refractivity contribution in [3.8, 4) is 16.9 Å². The number of aliphatic carboxylic acids is 1. The third-order valence-electron chi connectivity index (χ3n) is 6.55. The van der Waals surface area contributed by atoms with Crippen LogP contribution in [0.1, 0.15) is 39.6 Å². The monoisotopic (exact) mass is 540 g/mol. The first-order valence-electron chi connectivity index (χ1n) is 13.1. The third kappa shape index (κ3) is 6.58. The molecular weight excluding hydrogens is 508 g/mol. The average Bonchev–Trinajstić information content (AvgIpc) is 3.52. The fourth-order valence-electron chi connectivity index (χ4n) is 4.53. The maximum Gasteiger partial charge on any atom is 0.305 e. The van der Waals surface area contributed by atoms with Gasteiger partial charge in [-0.25, -0.2) is 0 Å². The lowest BCUT2D eigenvalue weighted by Gasteiger charge is -2.24. The molecule has 4 rings (SSSR count). The van der Waals surface area contributed by atoms with Crippen LogP contribution in [0.4, 0.5) is 5.88 Å². The van der Waals surface area contributed by atoms with Crippen molar-refractivity contribution in [2.75, 3.05) is 31.6 Å². The Bertz CT molecular complexity index is 1460. The summed E-state index contributed by atoms with van der Waals surface area (Å²) in [4.78, 5) is 41.8. The van der Waals surface area contributed by atoms with E-state index in [4.69, 9.17) is 9.15 Å². The van der Waals surface area contributed by atoms with Gasteiger partial charge in [-0.15, -0.1) is 0 Å². The second-order valence-corrected chi connectivity index (χ2v) is 9.13. The molecule has 3 aromatic carbocycles. The molecule has 0 aliphatic heterocycles. The van der Waals surface area contributed by atoms with E-state index in [0.717, 1.165) is 11.3 Å². The first-order valence-corrected chi connectivity index (χ1v) is 13.1. The van der Waals surface area contributed by atoms with Crippen LogP contribution in [-0.4, -0.2) is 54.5 Å². The molecule has 0 fully saturated rings. The molecule has 2 amide bonds. The highest BCUT2D eigenvalue weighted by molar-refractivity contribution is 6.11. The maximum atomic E-state index is 14.0. The maximum absolute atomic E-state index is 14.0. The third-order valence-corrected chi connectivity index (χ3v) is 6.55. The number of carbonyl (C=O) groups is 3. The molecule has 8 nitrogen and oxygen atoms in total. The van der Waals surface area contributed by atoms with Crippen molar-refractivity contribution in [1.82, 2.24) is 4.90 Å². The first-order chi connectivity index (χ1) is 19.4. The Labute approximate surface area is 233 Å². The van der Waals surface area contributed by atoms with E-state index in [1.54, 1.807) is 60.5 Å². The Morgan fingerprint density at radius 2 is 1.43 bits per heavy atom. The van der Waals surface area contributed by atoms with Crippen LogP contribution in [0, 0.1) is 0 Å². The molecule has 0 atom stereocenters. The predicted octanol–water partition coefficient (Wildman–Crippen LogP) is 5.78. The number of para-hydroxylation sites is 1. The number of carboxylic acids is 1. The topological polar surface area (TPSA) is 100 Å². The van der Waals surface area contributed by atoms with E-state index in [-0.39, 0.29) is 24.8 Å². The number of anilines is 1. The minimum Gasteiger partial charge on any atom is -0.494 e. The Morgan fingerprint density at radius 1 is 0.800 bits per heavy atom. The zero-order valence-electron chi connectivity index (χ0n) is 22.6. The van der Waals surface area contributed by atoms with Crippen molar-refractivity contribution in [1.29, 1.82) is 0 Å². The molecule has 0 radical (unpaired) electrons. The molecule has 0 bridgehead atoms. The molecule has 1 heterocycles. The van der Waals surface area contributed by atoms with Crippen LogP contribution in [0.25, 0.3) is 11.1 Å². The van der Waals surface area contributed by atoms with Crippen LogP contribution < -0.4 is 9.64 Å². The number of hydrogen-bond acceptors (Lipinski definition) is 5. The molecule has 8 heteroatoms. The van der Waals surface area contributed by atoms with E-state index in [0.29, 0.717) is 47.7 Å². The lowest BCUT2D eigenvalue weighted by molar-refractivity contribution is -0.137. The van der Waals surface area contributed by atoms with Gasteiger partial charge < -0.3 is 19.2 Å². The fraction of sp³-hybridized carbons (Fsp3) is 0.219. The van der Waals surface area contributed by atoms with Crippen LogP contribution in [-0.2, 0) is 11.2 Å². The van der Waals surface area contributed by atoms with Gasteiger partial charge in [0.25, 0.3) is 11.8 Å². The van der Waals surface area contributed by atoms with Crippen LogP contribution in [0.3, 0.4) is 0 Å². The number of rotatable bonds is 12. The molecule has 1 N–H and O–H groups in total. The van der Waals surface area contributed by atoms with Crippen molar-refractivity contribution >= 4 is 23.7 Å². The average molecular weight is 541 g/mol. The standard InChI is InChI=1S/C32H32N2O6/c1-3-39-28-16-9-4-11-23(28)18-20-34(21-19-30(35)36)32(38)27-15-8-6-13-25(27)24-12-5-7-14-26(24)31(37)33(2)29-17-10-22-40-29/h4-17,22H,3,18-21H2,1-2H3,(H,35,36). The SMILES string of the molecule is CCOc1ccccc1CCN(CCC(=O)O)C(=O)c1ccccc1-c1ccccc1C(=O)N(C)c1ccco1. The highest BCUT2D eigenvalue weighted by atomic mass is 16.5. The largest absolute Gasteiger partial charge is 0.494 e. The predicted molar refractivity (Wildman–Crippen MR) is 153 cm³/mol. The molecule has 0 saturated carbocycles. The zero-order valence-corrected chi connectivity index (χ0v) is 22.6. The Hall–Kier alpha value is -4.85. The van der Waals surface area contributed by atoms with Gasteiger partial charge in [-0.3, -0.25) is 19.3 Å². The number of amides is 2. The van der Waals surface area contributed by atoms with Crippen LogP contribution in [0.5, 0.6) is 5.75 Å². The second-order valence-electron chi connectivity index (χ2n) is 9.13. The summed E-state index contributed by atoms with van der Waals surface area (Å²) in [7, 11) is 1.63. The lowest BCUT2D eigenvalue weighted by atomic mass is 9.94. The normalized spacial score (nSPS) is 10.7. The highest BCUT2D eigenvalue weighted by Crippen LogP contribution is 2.30. The number of carboxylic acid groups (broad SMARTS) is 1. The van der Waals surface area contributed by atoms with Crippen LogP contribution in [0.2, 0.25) is 0 Å². The highest BCUT2D eigenvalue weighted by Gasteiger charge is 2.24. The summed E-state index contributed by atoms with van der Waals surface area (Å²) in [5.41, 5.74) is 2.90. The number of carbonyl (C=O) groups excluding carboxylic acids is 2. The molecular formula is C32H32N2O6. The Kier molecular flexibility index (Phi) is 9.35. The van der Waals surface area contributed by atoms with Crippen molar-refractivity contribution in [2.24, 2.45) is 0 Å². The zero-order chi connectivity index (χ0) is 28.5. The summed E-state index contributed by atoms with van der Waals surface area (Å²) in [6.07, 6.45) is 1.80. The van der Waals surface area contributed by atoms with Crippen molar-refractivity contribution in [3.63, 3.8) is 0 Å². The number of furan rings is 1. The molecule has 0 unspecified atom stereocenters. The van der Waals surface area contributed by atoms with Gasteiger partial charge in [0.2, 0.25) is 5.88 Å². The summed E-state index contributed by atoms with van der Waals surface area (Å²) < 4.78 is 11.1. The number of nitrogens with zero attached hydrogens (tertiary/aromatic N) is 2. The number of hydrogen-bond donors (Lipinski definition) is 1. The summed E-state index contributed by atoms with van der Waals surface area (Å²) in [6.45, 7) is 2.76. The second kappa shape index (κ2) is 13.3. The van der Waals surface area contributed by atoms with E-state index in [1.807, 2.05) is 43.3 Å². The molecule has 0 spiro atoms. The van der Waals surface area contributed by atoms with Gasteiger partial charge in [0, 0.05) is 37.3 Å². The quantitative estimate of drug-likeness (QED) is 0.244. The Balaban J connectivity index is 1.67. The van der Waals surface area contributed by atoms with Gasteiger partial charge in [-0.1, -0.05) is 54.6 Å².